The Morgan fingerprint density at radius 2 is 2.10 bits per heavy atom. The first kappa shape index (κ1) is 16.4. The van der Waals surface area contributed by atoms with Crippen molar-refractivity contribution in [3.05, 3.63) is 29.6 Å². The Hall–Kier alpha value is -0.930. The van der Waals surface area contributed by atoms with Crippen LogP contribution < -0.4 is 5.32 Å². The van der Waals surface area contributed by atoms with Crippen molar-refractivity contribution >= 4 is 0 Å². The molecule has 0 spiro atoms. The number of nitrogens with zero attached hydrogens (tertiary/aromatic N) is 2. The van der Waals surface area contributed by atoms with Gasteiger partial charge in [0.1, 0.15) is 0 Å². The lowest BCUT2D eigenvalue weighted by atomic mass is 9.90. The quantitative estimate of drug-likeness (QED) is 0.835. The topological polar surface area (TPSA) is 28.2 Å². The van der Waals surface area contributed by atoms with Gasteiger partial charge in [-0.05, 0) is 69.8 Å². The first-order valence-electron chi connectivity index (χ1n) is 8.63. The molecule has 0 amide bonds. The van der Waals surface area contributed by atoms with Crippen LogP contribution in [0.15, 0.2) is 18.3 Å². The van der Waals surface area contributed by atoms with E-state index in [0.29, 0.717) is 6.04 Å². The van der Waals surface area contributed by atoms with Crippen LogP contribution in [-0.2, 0) is 13.0 Å². The molecule has 0 aromatic carbocycles. The minimum Gasteiger partial charge on any atom is -0.308 e. The highest BCUT2D eigenvalue weighted by Crippen LogP contribution is 2.21. The second-order valence-electron chi connectivity index (χ2n) is 6.31. The average Bonchev–Trinajstić information content (AvgIpc) is 2.54. The number of rotatable bonds is 7. The van der Waals surface area contributed by atoms with Crippen molar-refractivity contribution in [2.45, 2.75) is 59.0 Å². The molecule has 118 valence electrons. The largest absolute Gasteiger partial charge is 0.308 e. The summed E-state index contributed by atoms with van der Waals surface area (Å²) in [6, 6.07) is 4.81. The molecule has 1 atom stereocenters. The van der Waals surface area contributed by atoms with Crippen molar-refractivity contribution in [3.63, 3.8) is 0 Å². The summed E-state index contributed by atoms with van der Waals surface area (Å²) >= 11 is 0. The van der Waals surface area contributed by atoms with E-state index in [-0.39, 0.29) is 0 Å². The summed E-state index contributed by atoms with van der Waals surface area (Å²) in [6.45, 7) is 11.5. The van der Waals surface area contributed by atoms with Crippen molar-refractivity contribution in [2.24, 2.45) is 5.92 Å². The molecule has 1 saturated heterocycles. The van der Waals surface area contributed by atoms with E-state index in [2.05, 4.69) is 42.0 Å². The summed E-state index contributed by atoms with van der Waals surface area (Å²) < 4.78 is 0. The zero-order valence-electron chi connectivity index (χ0n) is 13.9. The highest BCUT2D eigenvalue weighted by Gasteiger charge is 2.23. The Bertz CT molecular complexity index is 411. The lowest BCUT2D eigenvalue weighted by Gasteiger charge is -2.35. The predicted octanol–water partition coefficient (Wildman–Crippen LogP) is 3.24. The molecule has 2 heterocycles. The van der Waals surface area contributed by atoms with Crippen LogP contribution in [-0.4, -0.2) is 35.6 Å². The maximum atomic E-state index is 4.53. The van der Waals surface area contributed by atoms with E-state index in [1.165, 1.54) is 50.2 Å². The van der Waals surface area contributed by atoms with E-state index in [0.717, 1.165) is 18.9 Å². The fraction of sp³-hybridized carbons (Fsp3) is 0.722. The number of hydrogen-bond acceptors (Lipinski definition) is 3. The van der Waals surface area contributed by atoms with Crippen LogP contribution in [0.1, 0.15) is 51.3 Å². The third kappa shape index (κ3) is 4.79. The van der Waals surface area contributed by atoms with E-state index in [4.69, 9.17) is 0 Å². The van der Waals surface area contributed by atoms with Crippen LogP contribution in [0, 0.1) is 5.92 Å². The maximum absolute atomic E-state index is 4.53. The molecule has 1 aromatic heterocycles. The van der Waals surface area contributed by atoms with Gasteiger partial charge in [-0.2, -0.15) is 0 Å². The molecule has 1 aliphatic heterocycles. The second-order valence-corrected chi connectivity index (χ2v) is 6.31. The van der Waals surface area contributed by atoms with Gasteiger partial charge in [-0.3, -0.25) is 4.98 Å². The molecule has 1 N–H and O–H groups in total. The summed E-state index contributed by atoms with van der Waals surface area (Å²) in [5.74, 6) is 0.812. The number of aromatic nitrogens is 1. The molecular formula is C18H31N3. The van der Waals surface area contributed by atoms with Crippen molar-refractivity contribution in [2.75, 3.05) is 19.6 Å². The monoisotopic (exact) mass is 289 g/mol. The molecule has 1 aliphatic rings. The Morgan fingerprint density at radius 3 is 2.76 bits per heavy atom. The van der Waals surface area contributed by atoms with E-state index < -0.39 is 0 Å². The number of piperidine rings is 1. The fourth-order valence-electron chi connectivity index (χ4n) is 3.37. The van der Waals surface area contributed by atoms with Gasteiger partial charge in [0.25, 0.3) is 0 Å². The number of pyridine rings is 1. The van der Waals surface area contributed by atoms with Gasteiger partial charge in [0.15, 0.2) is 0 Å². The zero-order chi connectivity index (χ0) is 15.1. The Balaban J connectivity index is 1.78. The molecule has 2 rings (SSSR count). The molecule has 1 unspecified atom stereocenters. The molecule has 0 aliphatic carbocycles. The first-order valence-corrected chi connectivity index (χ1v) is 8.63. The van der Waals surface area contributed by atoms with Crippen molar-refractivity contribution in [3.8, 4) is 0 Å². The molecule has 0 radical (unpaired) electrons. The minimum absolute atomic E-state index is 0.584. The van der Waals surface area contributed by atoms with Crippen molar-refractivity contribution < 1.29 is 0 Å². The van der Waals surface area contributed by atoms with Gasteiger partial charge in [-0.1, -0.05) is 19.9 Å². The Morgan fingerprint density at radius 1 is 1.33 bits per heavy atom. The van der Waals surface area contributed by atoms with Crippen LogP contribution in [0.4, 0.5) is 0 Å². The van der Waals surface area contributed by atoms with Crippen molar-refractivity contribution in [1.29, 1.82) is 0 Å². The molecule has 3 nitrogen and oxygen atoms in total. The molecule has 21 heavy (non-hydrogen) atoms. The second kappa shape index (κ2) is 8.50. The van der Waals surface area contributed by atoms with E-state index >= 15 is 0 Å². The summed E-state index contributed by atoms with van der Waals surface area (Å²) in [4.78, 5) is 7.14. The number of hydrogen-bond donors (Lipinski definition) is 1. The van der Waals surface area contributed by atoms with Crippen LogP contribution >= 0.6 is 0 Å². The first-order chi connectivity index (χ1) is 10.2. The normalized spacial score (nSPS) is 18.8. The van der Waals surface area contributed by atoms with Gasteiger partial charge >= 0.3 is 0 Å². The Labute approximate surface area is 130 Å². The fourth-order valence-corrected chi connectivity index (χ4v) is 3.37. The smallest absolute Gasteiger partial charge is 0.0573 e. The summed E-state index contributed by atoms with van der Waals surface area (Å²) in [5.41, 5.74) is 2.59. The van der Waals surface area contributed by atoms with Gasteiger partial charge in [0, 0.05) is 18.8 Å². The summed E-state index contributed by atoms with van der Waals surface area (Å²) in [5, 5.41) is 3.71. The van der Waals surface area contributed by atoms with Crippen LogP contribution in [0.2, 0.25) is 0 Å². The van der Waals surface area contributed by atoms with Gasteiger partial charge < -0.3 is 10.2 Å². The number of nitrogens with one attached hydrogen (secondary N) is 1. The lowest BCUT2D eigenvalue weighted by Crippen LogP contribution is -2.42. The van der Waals surface area contributed by atoms with Gasteiger partial charge in [0.2, 0.25) is 0 Å². The average molecular weight is 289 g/mol. The van der Waals surface area contributed by atoms with Gasteiger partial charge in [-0.15, -0.1) is 0 Å². The molecule has 1 aromatic rings. The molecule has 1 fully saturated rings. The third-order valence-corrected chi connectivity index (χ3v) is 4.84. The molecule has 0 saturated carbocycles. The standard InChI is InChI=1S/C18H31N3/c1-4-11-21-12-8-17(9-13-21)15(3)20-14-18-16(5-2)7-6-10-19-18/h6-7,10,15,17,20H,4-5,8-9,11-14H2,1-3H3. The van der Waals surface area contributed by atoms with Crippen LogP contribution in [0.5, 0.6) is 0 Å². The lowest BCUT2D eigenvalue weighted by molar-refractivity contribution is 0.162. The van der Waals surface area contributed by atoms with E-state index in [9.17, 15) is 0 Å². The van der Waals surface area contributed by atoms with E-state index in [1.807, 2.05) is 12.3 Å². The highest BCUT2D eigenvalue weighted by molar-refractivity contribution is 5.19. The predicted molar refractivity (Wildman–Crippen MR) is 89.4 cm³/mol. The van der Waals surface area contributed by atoms with Gasteiger partial charge in [0.05, 0.1) is 5.69 Å². The molecule has 0 bridgehead atoms. The Kier molecular flexibility index (Phi) is 6.65. The summed E-state index contributed by atoms with van der Waals surface area (Å²) in [7, 11) is 0. The third-order valence-electron chi connectivity index (χ3n) is 4.84. The zero-order valence-corrected chi connectivity index (χ0v) is 13.9. The summed E-state index contributed by atoms with van der Waals surface area (Å²) in [6.07, 6.45) is 6.91. The highest BCUT2D eigenvalue weighted by atomic mass is 15.1. The minimum atomic E-state index is 0.584. The van der Waals surface area contributed by atoms with Crippen LogP contribution in [0.3, 0.4) is 0 Å². The molecular weight excluding hydrogens is 258 g/mol. The van der Waals surface area contributed by atoms with E-state index in [1.54, 1.807) is 0 Å². The van der Waals surface area contributed by atoms with Crippen LogP contribution in [0.25, 0.3) is 0 Å². The van der Waals surface area contributed by atoms with Gasteiger partial charge in [-0.25, -0.2) is 0 Å². The SMILES string of the molecule is CCCN1CCC(C(C)NCc2ncccc2CC)CC1. The van der Waals surface area contributed by atoms with Crippen molar-refractivity contribution in [1.82, 2.24) is 15.2 Å². The molecule has 3 heteroatoms. The number of likely N-dealkylation sites (tertiary alicyclic amines) is 1. The maximum Gasteiger partial charge on any atom is 0.0573 e. The number of aryl methyl sites for hydroxylation is 1.